The SMILES string of the molecule is CI.COc1cc(F)ccc1[N+](=O)[O-].O=[N+]([O-])c1ccc(F)cc1O. The number of phenols is 1. The minimum atomic E-state index is -0.783. The van der Waals surface area contributed by atoms with Gasteiger partial charge in [-0.05, 0) is 17.1 Å². The molecule has 0 saturated heterocycles. The van der Waals surface area contributed by atoms with Crippen molar-refractivity contribution in [2.45, 2.75) is 0 Å². The summed E-state index contributed by atoms with van der Waals surface area (Å²) in [6.45, 7) is 0. The van der Waals surface area contributed by atoms with E-state index in [-0.39, 0.29) is 11.4 Å². The summed E-state index contributed by atoms with van der Waals surface area (Å²) in [6, 6.07) is 5.56. The molecule has 2 aromatic carbocycles. The number of halogens is 3. The maximum atomic E-state index is 12.5. The molecule has 0 unspecified atom stereocenters. The first-order valence-corrected chi connectivity index (χ1v) is 8.40. The van der Waals surface area contributed by atoms with E-state index >= 15 is 0 Å². The second kappa shape index (κ2) is 11.1. The van der Waals surface area contributed by atoms with Gasteiger partial charge in [0.05, 0.1) is 17.0 Å². The van der Waals surface area contributed by atoms with Gasteiger partial charge in [0.15, 0.2) is 11.5 Å². The smallest absolute Gasteiger partial charge is 0.311 e. The summed E-state index contributed by atoms with van der Waals surface area (Å²) in [6.07, 6.45) is 0. The Kier molecular flexibility index (Phi) is 9.93. The van der Waals surface area contributed by atoms with Crippen LogP contribution in [0.2, 0.25) is 0 Å². The zero-order chi connectivity index (χ0) is 19.6. The number of ether oxygens (including phenoxy) is 1. The Balaban J connectivity index is 0.000000421. The first-order chi connectivity index (χ1) is 11.8. The van der Waals surface area contributed by atoms with Crippen molar-refractivity contribution in [3.05, 3.63) is 68.3 Å². The molecule has 136 valence electrons. The fourth-order valence-electron chi connectivity index (χ4n) is 1.45. The highest BCUT2D eigenvalue weighted by atomic mass is 127. The zero-order valence-corrected chi connectivity index (χ0v) is 15.1. The summed E-state index contributed by atoms with van der Waals surface area (Å²) in [4.78, 5) is 20.9. The van der Waals surface area contributed by atoms with E-state index in [1.807, 2.05) is 4.93 Å². The lowest BCUT2D eigenvalue weighted by atomic mass is 10.3. The molecular formula is C14H13F2IN2O6. The summed E-state index contributed by atoms with van der Waals surface area (Å²) in [5.74, 6) is -1.99. The lowest BCUT2D eigenvalue weighted by molar-refractivity contribution is -0.386. The van der Waals surface area contributed by atoms with E-state index in [1.54, 1.807) is 0 Å². The highest BCUT2D eigenvalue weighted by Gasteiger charge is 2.14. The van der Waals surface area contributed by atoms with Gasteiger partial charge in [-0.25, -0.2) is 8.78 Å². The fourth-order valence-corrected chi connectivity index (χ4v) is 1.45. The van der Waals surface area contributed by atoms with Gasteiger partial charge < -0.3 is 9.84 Å². The molecule has 0 atom stereocenters. The van der Waals surface area contributed by atoms with Crippen molar-refractivity contribution in [3.8, 4) is 11.5 Å². The molecule has 0 saturated carbocycles. The molecule has 2 rings (SSSR count). The minimum absolute atomic E-state index is 0.0694. The van der Waals surface area contributed by atoms with Crippen LogP contribution in [0.1, 0.15) is 0 Å². The standard InChI is InChI=1S/C7H6FNO3.C6H4FNO3.CH3I/c1-12-7-4-5(8)2-3-6(7)9(10)11;7-4-1-2-5(8(10)11)6(9)3-4;1-2/h2-4H,1H3;1-3,9H;1H3. The second-order valence-electron chi connectivity index (χ2n) is 3.96. The Hall–Kier alpha value is -2.57. The predicted molar refractivity (Wildman–Crippen MR) is 94.3 cm³/mol. The van der Waals surface area contributed by atoms with Crippen LogP contribution in [-0.4, -0.2) is 27.0 Å². The van der Waals surface area contributed by atoms with Crippen LogP contribution in [0, 0.1) is 31.9 Å². The van der Waals surface area contributed by atoms with E-state index in [0.29, 0.717) is 6.07 Å². The first-order valence-electron chi connectivity index (χ1n) is 6.25. The molecule has 0 bridgehead atoms. The number of rotatable bonds is 3. The zero-order valence-electron chi connectivity index (χ0n) is 13.0. The molecule has 0 heterocycles. The Bertz CT molecular complexity index is 745. The van der Waals surface area contributed by atoms with E-state index in [2.05, 4.69) is 27.3 Å². The summed E-state index contributed by atoms with van der Waals surface area (Å²) in [5.41, 5.74) is -0.731. The summed E-state index contributed by atoms with van der Waals surface area (Å²) in [5, 5.41) is 29.1. The molecule has 0 aliphatic rings. The average molecular weight is 470 g/mol. The highest BCUT2D eigenvalue weighted by Crippen LogP contribution is 2.26. The fraction of sp³-hybridized carbons (Fsp3) is 0.143. The lowest BCUT2D eigenvalue weighted by Gasteiger charge is -1.99. The monoisotopic (exact) mass is 470 g/mol. The van der Waals surface area contributed by atoms with E-state index in [9.17, 15) is 29.0 Å². The largest absolute Gasteiger partial charge is 0.502 e. The Morgan fingerprint density at radius 1 is 0.960 bits per heavy atom. The third-order valence-corrected chi connectivity index (χ3v) is 2.47. The van der Waals surface area contributed by atoms with Crippen LogP contribution < -0.4 is 4.74 Å². The van der Waals surface area contributed by atoms with Crippen LogP contribution >= 0.6 is 22.6 Å². The van der Waals surface area contributed by atoms with Gasteiger partial charge in [0.2, 0.25) is 0 Å². The van der Waals surface area contributed by atoms with Gasteiger partial charge in [0.1, 0.15) is 11.6 Å². The van der Waals surface area contributed by atoms with Crippen LogP contribution in [-0.2, 0) is 0 Å². The Labute approximate surface area is 154 Å². The average Bonchev–Trinajstić information content (AvgIpc) is 2.56. The normalized spacial score (nSPS) is 9.00. The van der Waals surface area contributed by atoms with Crippen LogP contribution in [0.4, 0.5) is 20.2 Å². The molecule has 0 radical (unpaired) electrons. The quantitative estimate of drug-likeness (QED) is 0.311. The van der Waals surface area contributed by atoms with Gasteiger partial charge in [-0.2, -0.15) is 0 Å². The van der Waals surface area contributed by atoms with E-state index in [1.165, 1.54) is 7.11 Å². The number of methoxy groups -OCH3 is 1. The Morgan fingerprint density at radius 3 is 1.80 bits per heavy atom. The van der Waals surface area contributed by atoms with Crippen molar-refractivity contribution in [1.29, 1.82) is 0 Å². The van der Waals surface area contributed by atoms with Crippen molar-refractivity contribution in [2.75, 3.05) is 12.0 Å². The van der Waals surface area contributed by atoms with Crippen molar-refractivity contribution in [3.63, 3.8) is 0 Å². The third kappa shape index (κ3) is 7.24. The van der Waals surface area contributed by atoms with Gasteiger partial charge >= 0.3 is 11.4 Å². The second-order valence-corrected chi connectivity index (χ2v) is 3.96. The summed E-state index contributed by atoms with van der Waals surface area (Å²) < 4.78 is 29.3. The van der Waals surface area contributed by atoms with Gasteiger partial charge in [0, 0.05) is 24.3 Å². The summed E-state index contributed by atoms with van der Waals surface area (Å²) >= 11 is 2.15. The van der Waals surface area contributed by atoms with Crippen molar-refractivity contribution in [1.82, 2.24) is 0 Å². The van der Waals surface area contributed by atoms with E-state index in [4.69, 9.17) is 5.11 Å². The maximum Gasteiger partial charge on any atom is 0.311 e. The number of phenolic OH excluding ortho intramolecular Hbond substituents is 1. The molecular weight excluding hydrogens is 457 g/mol. The van der Waals surface area contributed by atoms with Crippen LogP contribution in [0.15, 0.2) is 36.4 Å². The molecule has 0 spiro atoms. The molecule has 0 aliphatic heterocycles. The third-order valence-electron chi connectivity index (χ3n) is 2.47. The number of nitro groups is 2. The molecule has 0 aromatic heterocycles. The number of alkyl halides is 1. The topological polar surface area (TPSA) is 116 Å². The first kappa shape index (κ1) is 22.4. The highest BCUT2D eigenvalue weighted by molar-refractivity contribution is 14.1. The van der Waals surface area contributed by atoms with Crippen LogP contribution in [0.5, 0.6) is 11.5 Å². The van der Waals surface area contributed by atoms with Crippen molar-refractivity contribution < 1.29 is 28.5 Å². The molecule has 2 aromatic rings. The van der Waals surface area contributed by atoms with Gasteiger partial charge in [-0.15, -0.1) is 0 Å². The number of nitro benzene ring substituents is 2. The summed E-state index contributed by atoms with van der Waals surface area (Å²) in [7, 11) is 1.25. The maximum absolute atomic E-state index is 12.5. The molecule has 8 nitrogen and oxygen atoms in total. The molecule has 0 aliphatic carbocycles. The van der Waals surface area contributed by atoms with Gasteiger partial charge in [-0.1, -0.05) is 22.6 Å². The van der Waals surface area contributed by atoms with Crippen LogP contribution in [0.25, 0.3) is 0 Å². The number of nitrogens with zero attached hydrogens (tertiary/aromatic N) is 2. The molecule has 0 fully saturated rings. The number of benzene rings is 2. The lowest BCUT2D eigenvalue weighted by Crippen LogP contribution is -1.93. The van der Waals surface area contributed by atoms with Gasteiger partial charge in [0.25, 0.3) is 0 Å². The van der Waals surface area contributed by atoms with Crippen molar-refractivity contribution >= 4 is 34.0 Å². The predicted octanol–water partition coefficient (Wildman–Crippen LogP) is 4.23. The molecule has 11 heteroatoms. The number of hydrogen-bond acceptors (Lipinski definition) is 6. The van der Waals surface area contributed by atoms with E-state index in [0.717, 1.165) is 30.3 Å². The number of hydrogen-bond donors (Lipinski definition) is 1. The van der Waals surface area contributed by atoms with Crippen LogP contribution in [0.3, 0.4) is 0 Å². The number of aromatic hydroxyl groups is 1. The van der Waals surface area contributed by atoms with Crippen molar-refractivity contribution in [2.24, 2.45) is 0 Å². The van der Waals surface area contributed by atoms with E-state index < -0.39 is 32.9 Å². The Morgan fingerprint density at radius 2 is 1.40 bits per heavy atom. The molecule has 25 heavy (non-hydrogen) atoms. The molecule has 1 N–H and O–H groups in total. The van der Waals surface area contributed by atoms with Gasteiger partial charge in [-0.3, -0.25) is 20.2 Å². The minimum Gasteiger partial charge on any atom is -0.502 e. The molecule has 0 amide bonds.